The summed E-state index contributed by atoms with van der Waals surface area (Å²) < 4.78 is 19.8. The van der Waals surface area contributed by atoms with Gasteiger partial charge in [0.2, 0.25) is 0 Å². The summed E-state index contributed by atoms with van der Waals surface area (Å²) >= 11 is 0. The Bertz CT molecular complexity index is 1180. The van der Waals surface area contributed by atoms with Crippen molar-refractivity contribution in [1.82, 2.24) is 20.5 Å². The zero-order valence-electron chi connectivity index (χ0n) is 16.9. The lowest BCUT2D eigenvalue weighted by Gasteiger charge is -2.11. The van der Waals surface area contributed by atoms with E-state index >= 15 is 0 Å². The van der Waals surface area contributed by atoms with E-state index in [-0.39, 0.29) is 18.3 Å². The highest BCUT2D eigenvalue weighted by Crippen LogP contribution is 2.29. The first kappa shape index (κ1) is 19.7. The number of aryl methyl sites for hydroxylation is 2. The van der Waals surface area contributed by atoms with Gasteiger partial charge in [-0.15, -0.1) is 0 Å². The normalized spacial score (nSPS) is 11.0. The summed E-state index contributed by atoms with van der Waals surface area (Å²) in [7, 11) is 0. The van der Waals surface area contributed by atoms with Gasteiger partial charge in [0.15, 0.2) is 6.61 Å². The lowest BCUT2D eigenvalue weighted by Crippen LogP contribution is -2.30. The number of carbonyl (C=O) groups is 1. The zero-order chi connectivity index (χ0) is 21.1. The quantitative estimate of drug-likeness (QED) is 0.433. The van der Waals surface area contributed by atoms with Crippen LogP contribution in [0, 0.1) is 19.7 Å². The molecule has 0 unspecified atom stereocenters. The van der Waals surface area contributed by atoms with E-state index in [1.807, 2.05) is 44.2 Å². The van der Waals surface area contributed by atoms with Crippen molar-refractivity contribution in [2.45, 2.75) is 20.3 Å². The minimum absolute atomic E-state index is 0.0916. The highest BCUT2D eigenvalue weighted by atomic mass is 19.1. The summed E-state index contributed by atoms with van der Waals surface area (Å²) in [6, 6.07) is 12.6. The van der Waals surface area contributed by atoms with Crippen LogP contribution >= 0.6 is 0 Å². The molecule has 0 saturated heterocycles. The molecule has 154 valence electrons. The molecule has 4 rings (SSSR count). The Kier molecular flexibility index (Phi) is 5.52. The molecule has 0 atom stereocenters. The van der Waals surface area contributed by atoms with Crippen LogP contribution in [0.3, 0.4) is 0 Å². The van der Waals surface area contributed by atoms with Crippen molar-refractivity contribution in [3.8, 4) is 17.0 Å². The van der Waals surface area contributed by atoms with Crippen molar-refractivity contribution in [2.75, 3.05) is 13.2 Å². The molecule has 1 amide bonds. The molecule has 0 radical (unpaired) electrons. The molecule has 0 bridgehead atoms. The Balaban J connectivity index is 1.37. The Hall–Kier alpha value is -3.61. The van der Waals surface area contributed by atoms with Crippen molar-refractivity contribution in [3.63, 3.8) is 0 Å². The summed E-state index contributed by atoms with van der Waals surface area (Å²) in [6.45, 7) is 4.23. The molecule has 0 saturated carbocycles. The van der Waals surface area contributed by atoms with Crippen LogP contribution in [-0.2, 0) is 11.2 Å². The lowest BCUT2D eigenvalue weighted by molar-refractivity contribution is -0.123. The second-order valence-electron chi connectivity index (χ2n) is 7.20. The molecule has 30 heavy (non-hydrogen) atoms. The van der Waals surface area contributed by atoms with Gasteiger partial charge in [-0.25, -0.2) is 4.39 Å². The molecule has 7 heteroatoms. The number of hydrogen-bond donors (Lipinski definition) is 3. The number of nitrogens with one attached hydrogen (secondary N) is 3. The van der Waals surface area contributed by atoms with E-state index in [0.29, 0.717) is 24.2 Å². The summed E-state index contributed by atoms with van der Waals surface area (Å²) in [5, 5.41) is 10.6. The maximum atomic E-state index is 14.1. The van der Waals surface area contributed by atoms with Crippen LogP contribution in [0.4, 0.5) is 4.39 Å². The average molecular weight is 406 g/mol. The van der Waals surface area contributed by atoms with Crippen LogP contribution in [0.2, 0.25) is 0 Å². The number of ether oxygens (including phenoxy) is 1. The van der Waals surface area contributed by atoms with Crippen LogP contribution in [0.1, 0.15) is 16.8 Å². The standard InChI is InChI=1S/C23H23FN4O2/c1-14-7-8-18(24)23-22(14)16(15(2)27-23)9-11-25-21(29)13-30-20-6-4-3-5-17(20)19-10-12-26-28-19/h3-8,10,12,27H,9,11,13H2,1-2H3,(H,25,29)(H,26,28). The molecular formula is C23H23FN4O2. The third kappa shape index (κ3) is 3.91. The van der Waals surface area contributed by atoms with Crippen LogP contribution in [0.15, 0.2) is 48.7 Å². The van der Waals surface area contributed by atoms with Gasteiger partial charge >= 0.3 is 0 Å². The largest absolute Gasteiger partial charge is 0.483 e. The van der Waals surface area contributed by atoms with Gasteiger partial charge in [-0.05, 0) is 55.7 Å². The molecule has 6 nitrogen and oxygen atoms in total. The van der Waals surface area contributed by atoms with Crippen molar-refractivity contribution in [3.05, 3.63) is 71.3 Å². The fourth-order valence-electron chi connectivity index (χ4n) is 3.70. The molecule has 0 aliphatic carbocycles. The van der Waals surface area contributed by atoms with Crippen molar-refractivity contribution < 1.29 is 13.9 Å². The number of amides is 1. The van der Waals surface area contributed by atoms with E-state index in [1.54, 1.807) is 12.3 Å². The Labute approximate surface area is 173 Å². The molecule has 0 aliphatic heterocycles. The summed E-state index contributed by atoms with van der Waals surface area (Å²) in [5.74, 6) is 0.128. The first-order valence-corrected chi connectivity index (χ1v) is 9.79. The molecule has 0 spiro atoms. The molecule has 4 aromatic rings. The zero-order valence-corrected chi connectivity index (χ0v) is 16.9. The number of H-pyrrole nitrogens is 2. The van der Waals surface area contributed by atoms with Crippen LogP contribution in [0.25, 0.3) is 22.2 Å². The first-order chi connectivity index (χ1) is 14.5. The van der Waals surface area contributed by atoms with Gasteiger partial charge in [-0.2, -0.15) is 5.10 Å². The highest BCUT2D eigenvalue weighted by molar-refractivity contribution is 5.88. The second-order valence-corrected chi connectivity index (χ2v) is 7.20. The monoisotopic (exact) mass is 406 g/mol. The molecule has 0 fully saturated rings. The van der Waals surface area contributed by atoms with Crippen LogP contribution in [0.5, 0.6) is 5.75 Å². The number of aromatic amines is 2. The van der Waals surface area contributed by atoms with E-state index in [2.05, 4.69) is 20.5 Å². The maximum Gasteiger partial charge on any atom is 0.257 e. The third-order valence-electron chi connectivity index (χ3n) is 5.16. The summed E-state index contributed by atoms with van der Waals surface area (Å²) in [5.41, 5.74) is 5.13. The second kappa shape index (κ2) is 8.41. The van der Waals surface area contributed by atoms with Crippen molar-refractivity contribution >= 4 is 16.8 Å². The molecular weight excluding hydrogens is 383 g/mol. The number of hydrogen-bond acceptors (Lipinski definition) is 3. The summed E-state index contributed by atoms with van der Waals surface area (Å²) in [4.78, 5) is 15.4. The number of nitrogens with zero attached hydrogens (tertiary/aromatic N) is 1. The first-order valence-electron chi connectivity index (χ1n) is 9.79. The number of rotatable bonds is 7. The van der Waals surface area contributed by atoms with Gasteiger partial charge in [0, 0.05) is 29.4 Å². The van der Waals surface area contributed by atoms with Gasteiger partial charge in [-0.1, -0.05) is 18.2 Å². The van der Waals surface area contributed by atoms with Gasteiger partial charge in [0.25, 0.3) is 5.91 Å². The smallest absolute Gasteiger partial charge is 0.257 e. The third-order valence-corrected chi connectivity index (χ3v) is 5.16. The SMILES string of the molecule is Cc1[nH]c2c(F)ccc(C)c2c1CCNC(=O)COc1ccccc1-c1ccn[nH]1. The number of halogens is 1. The van der Waals surface area contributed by atoms with Crippen molar-refractivity contribution in [1.29, 1.82) is 0 Å². The van der Waals surface area contributed by atoms with Crippen LogP contribution < -0.4 is 10.1 Å². The number of para-hydroxylation sites is 1. The van der Waals surface area contributed by atoms with E-state index in [1.165, 1.54) is 6.07 Å². The Morgan fingerprint density at radius 3 is 2.80 bits per heavy atom. The molecule has 2 aromatic heterocycles. The fourth-order valence-corrected chi connectivity index (χ4v) is 3.70. The number of carbonyl (C=O) groups excluding carboxylic acids is 1. The van der Waals surface area contributed by atoms with Gasteiger partial charge in [0.1, 0.15) is 11.6 Å². The minimum atomic E-state index is -0.265. The van der Waals surface area contributed by atoms with E-state index in [9.17, 15) is 9.18 Å². The van der Waals surface area contributed by atoms with Gasteiger partial charge in [-0.3, -0.25) is 9.89 Å². The minimum Gasteiger partial charge on any atom is -0.483 e. The predicted octanol–water partition coefficient (Wildman–Crippen LogP) is 4.05. The number of fused-ring (bicyclic) bond motifs is 1. The van der Waals surface area contributed by atoms with E-state index in [0.717, 1.165) is 33.5 Å². The highest BCUT2D eigenvalue weighted by Gasteiger charge is 2.14. The number of aromatic nitrogens is 3. The topological polar surface area (TPSA) is 82.8 Å². The molecule has 3 N–H and O–H groups in total. The molecule has 2 heterocycles. The average Bonchev–Trinajstić information content (AvgIpc) is 3.39. The molecule has 0 aliphatic rings. The lowest BCUT2D eigenvalue weighted by atomic mass is 10.0. The maximum absolute atomic E-state index is 14.1. The van der Waals surface area contributed by atoms with Gasteiger partial charge in [0.05, 0.1) is 11.2 Å². The summed E-state index contributed by atoms with van der Waals surface area (Å²) in [6.07, 6.45) is 2.27. The van der Waals surface area contributed by atoms with E-state index < -0.39 is 0 Å². The molecule has 2 aromatic carbocycles. The van der Waals surface area contributed by atoms with Crippen LogP contribution in [-0.4, -0.2) is 34.2 Å². The number of benzene rings is 2. The Morgan fingerprint density at radius 1 is 1.17 bits per heavy atom. The van der Waals surface area contributed by atoms with Gasteiger partial charge < -0.3 is 15.0 Å². The fraction of sp³-hybridized carbons (Fsp3) is 0.217. The van der Waals surface area contributed by atoms with Crippen molar-refractivity contribution in [2.24, 2.45) is 0 Å². The van der Waals surface area contributed by atoms with E-state index in [4.69, 9.17) is 4.74 Å². The predicted molar refractivity (Wildman–Crippen MR) is 114 cm³/mol. The Morgan fingerprint density at radius 2 is 2.00 bits per heavy atom.